The molecule has 0 N–H and O–H groups in total. The van der Waals surface area contributed by atoms with Crippen LogP contribution in [0.25, 0.3) is 27.5 Å². The van der Waals surface area contributed by atoms with E-state index in [1.807, 2.05) is 72.0 Å². The van der Waals surface area contributed by atoms with E-state index in [0.29, 0.717) is 41.4 Å². The minimum atomic E-state index is -0.216. The molecule has 1 aliphatic heterocycles. The summed E-state index contributed by atoms with van der Waals surface area (Å²) in [4.78, 5) is 32.2. The molecular weight excluding hydrogens is 450 g/mol. The lowest BCUT2D eigenvalue weighted by atomic mass is 9.94. The van der Waals surface area contributed by atoms with Gasteiger partial charge in [-0.15, -0.1) is 0 Å². The molecule has 186 valence electrons. The third-order valence-electron chi connectivity index (χ3n) is 8.11. The molecule has 4 aromatic rings. The van der Waals surface area contributed by atoms with Crippen LogP contribution in [0.5, 0.6) is 0 Å². The summed E-state index contributed by atoms with van der Waals surface area (Å²) in [5, 5.41) is 6.28. The number of aromatic nitrogens is 3. The van der Waals surface area contributed by atoms with Crippen molar-refractivity contribution >= 4 is 27.7 Å². The maximum Gasteiger partial charge on any atom is 0.296 e. The smallest absolute Gasteiger partial charge is 0.296 e. The number of amides is 1. The summed E-state index contributed by atoms with van der Waals surface area (Å²) in [6.45, 7) is 5.17. The average molecular weight is 484 g/mol. The van der Waals surface area contributed by atoms with E-state index >= 15 is 0 Å². The molecule has 2 aromatic heterocycles. The number of carbonyl (C=O) groups is 1. The second kappa shape index (κ2) is 9.21. The molecule has 0 radical (unpaired) electrons. The third kappa shape index (κ3) is 3.82. The largest absolute Gasteiger partial charge is 0.339 e. The molecule has 1 amide bonds. The van der Waals surface area contributed by atoms with E-state index in [9.17, 15) is 9.59 Å². The molecule has 36 heavy (non-hydrogen) atoms. The monoisotopic (exact) mass is 483 g/mol. The van der Waals surface area contributed by atoms with Crippen molar-refractivity contribution in [3.63, 3.8) is 0 Å². The lowest BCUT2D eigenvalue weighted by molar-refractivity contribution is 0.0518. The number of nitrogens with zero attached hydrogens (tertiary/aromatic N) is 5. The molecule has 3 heterocycles. The predicted molar refractivity (Wildman–Crippen MR) is 143 cm³/mol. The average Bonchev–Trinajstić information content (AvgIpc) is 3.23. The van der Waals surface area contributed by atoms with Gasteiger partial charge < -0.3 is 9.47 Å². The van der Waals surface area contributed by atoms with Crippen LogP contribution >= 0.6 is 0 Å². The van der Waals surface area contributed by atoms with Crippen LogP contribution in [-0.2, 0) is 7.05 Å². The third-order valence-corrected chi connectivity index (χ3v) is 8.11. The number of fused-ring (bicyclic) bond motifs is 3. The molecule has 1 saturated carbocycles. The van der Waals surface area contributed by atoms with Gasteiger partial charge in [0.15, 0.2) is 5.69 Å². The fourth-order valence-corrected chi connectivity index (χ4v) is 6.08. The van der Waals surface area contributed by atoms with Gasteiger partial charge in [-0.05, 0) is 38.0 Å². The molecule has 0 unspecified atom stereocenters. The van der Waals surface area contributed by atoms with E-state index in [1.165, 1.54) is 36.8 Å². The van der Waals surface area contributed by atoms with Crippen LogP contribution in [0, 0.1) is 6.92 Å². The zero-order valence-electron chi connectivity index (χ0n) is 21.1. The number of para-hydroxylation sites is 1. The zero-order chi connectivity index (χ0) is 24.8. The molecule has 1 saturated heterocycles. The van der Waals surface area contributed by atoms with Crippen LogP contribution in [-0.4, -0.2) is 62.3 Å². The highest BCUT2D eigenvalue weighted by atomic mass is 16.2. The fourth-order valence-electron chi connectivity index (χ4n) is 6.08. The number of benzene rings is 2. The Kier molecular flexibility index (Phi) is 5.88. The minimum absolute atomic E-state index is 0.0968. The van der Waals surface area contributed by atoms with Crippen LogP contribution in [0.4, 0.5) is 0 Å². The molecule has 2 aliphatic rings. The van der Waals surface area contributed by atoms with Gasteiger partial charge in [0.05, 0.1) is 5.69 Å². The lowest BCUT2D eigenvalue weighted by Gasteiger charge is -2.40. The van der Waals surface area contributed by atoms with Gasteiger partial charge in [0.2, 0.25) is 0 Å². The molecule has 0 bridgehead atoms. The van der Waals surface area contributed by atoms with Gasteiger partial charge in [0.25, 0.3) is 11.5 Å². The molecule has 0 spiro atoms. The molecule has 2 aromatic carbocycles. The van der Waals surface area contributed by atoms with Crippen LogP contribution in [0.3, 0.4) is 0 Å². The van der Waals surface area contributed by atoms with E-state index in [4.69, 9.17) is 5.10 Å². The maximum absolute atomic E-state index is 14.0. The Morgan fingerprint density at radius 1 is 0.917 bits per heavy atom. The molecule has 6 rings (SSSR count). The van der Waals surface area contributed by atoms with Crippen molar-refractivity contribution in [1.29, 1.82) is 0 Å². The Bertz CT molecular complexity index is 1490. The number of carbonyl (C=O) groups excluding carboxylic acids is 1. The van der Waals surface area contributed by atoms with Crippen molar-refractivity contribution in [3.8, 4) is 5.69 Å². The Balaban J connectivity index is 1.44. The second-order valence-corrected chi connectivity index (χ2v) is 10.3. The van der Waals surface area contributed by atoms with Gasteiger partial charge in [-0.3, -0.25) is 14.5 Å². The van der Waals surface area contributed by atoms with Crippen molar-refractivity contribution in [3.05, 3.63) is 70.1 Å². The summed E-state index contributed by atoms with van der Waals surface area (Å²) in [5.41, 5.74) is 3.33. The molecule has 2 fully saturated rings. The van der Waals surface area contributed by atoms with Crippen LogP contribution in [0.2, 0.25) is 0 Å². The van der Waals surface area contributed by atoms with Gasteiger partial charge in [0, 0.05) is 55.6 Å². The number of hydrogen-bond acceptors (Lipinski definition) is 4. The van der Waals surface area contributed by atoms with Crippen molar-refractivity contribution in [2.75, 3.05) is 26.2 Å². The first-order valence-electron chi connectivity index (χ1n) is 13.1. The van der Waals surface area contributed by atoms with Gasteiger partial charge in [0.1, 0.15) is 5.52 Å². The highest BCUT2D eigenvalue weighted by Crippen LogP contribution is 2.30. The predicted octanol–water partition coefficient (Wildman–Crippen LogP) is 4.28. The number of piperazine rings is 1. The van der Waals surface area contributed by atoms with Crippen LogP contribution in [0.15, 0.2) is 53.3 Å². The zero-order valence-corrected chi connectivity index (χ0v) is 21.1. The van der Waals surface area contributed by atoms with Crippen LogP contribution in [0.1, 0.15) is 48.2 Å². The highest BCUT2D eigenvalue weighted by molar-refractivity contribution is 6.16. The lowest BCUT2D eigenvalue weighted by Crippen LogP contribution is -2.52. The minimum Gasteiger partial charge on any atom is -0.339 e. The topological polar surface area (TPSA) is 63.4 Å². The Morgan fingerprint density at radius 3 is 2.33 bits per heavy atom. The normalized spacial score (nSPS) is 17.8. The number of rotatable bonds is 3. The first kappa shape index (κ1) is 23.0. The summed E-state index contributed by atoms with van der Waals surface area (Å²) in [5.74, 6) is -0.0968. The standard InChI is InChI=1S/C29H33N5O2/c1-20-12-14-22(15-13-20)34-29(36)27-25(23-10-6-7-11-24(23)31(27)2)26(30-34)28(35)33-18-16-32(17-19-33)21-8-4-3-5-9-21/h6-7,10-15,21H,3-5,8-9,16-19H2,1-2H3. The summed E-state index contributed by atoms with van der Waals surface area (Å²) in [6.07, 6.45) is 6.51. The van der Waals surface area contributed by atoms with Crippen molar-refractivity contribution in [2.45, 2.75) is 45.1 Å². The quantitative estimate of drug-likeness (QED) is 0.437. The maximum atomic E-state index is 14.0. The first-order valence-corrected chi connectivity index (χ1v) is 13.1. The molecule has 1 aliphatic carbocycles. The molecule has 7 heteroatoms. The van der Waals surface area contributed by atoms with E-state index in [0.717, 1.165) is 29.6 Å². The molecular formula is C29H33N5O2. The number of hydrogen-bond donors (Lipinski definition) is 0. The highest BCUT2D eigenvalue weighted by Gasteiger charge is 2.31. The summed E-state index contributed by atoms with van der Waals surface area (Å²) in [7, 11) is 1.89. The summed E-state index contributed by atoms with van der Waals surface area (Å²) < 4.78 is 3.29. The van der Waals surface area contributed by atoms with E-state index in [2.05, 4.69) is 4.90 Å². The van der Waals surface area contributed by atoms with Crippen molar-refractivity contribution in [2.24, 2.45) is 7.05 Å². The van der Waals surface area contributed by atoms with Crippen LogP contribution < -0.4 is 5.56 Å². The second-order valence-electron chi connectivity index (χ2n) is 10.3. The number of aryl methyl sites for hydroxylation is 2. The van der Waals surface area contributed by atoms with Gasteiger partial charge in [-0.1, -0.05) is 55.2 Å². The Morgan fingerprint density at radius 2 is 1.61 bits per heavy atom. The van der Waals surface area contributed by atoms with E-state index in [1.54, 1.807) is 0 Å². The summed E-state index contributed by atoms with van der Waals surface area (Å²) in [6, 6.07) is 16.2. The van der Waals surface area contributed by atoms with Gasteiger partial charge in [-0.25, -0.2) is 0 Å². The Labute approximate surface area is 210 Å². The van der Waals surface area contributed by atoms with Crippen molar-refractivity contribution < 1.29 is 4.79 Å². The summed E-state index contributed by atoms with van der Waals surface area (Å²) >= 11 is 0. The SMILES string of the molecule is Cc1ccc(-n2nc(C(=O)N3CCN(C4CCCCC4)CC3)c3c4ccccc4n(C)c3c2=O)cc1. The van der Waals surface area contributed by atoms with Gasteiger partial charge >= 0.3 is 0 Å². The van der Waals surface area contributed by atoms with E-state index < -0.39 is 0 Å². The van der Waals surface area contributed by atoms with Gasteiger partial charge in [-0.2, -0.15) is 9.78 Å². The Hall–Kier alpha value is -3.45. The fraction of sp³-hybridized carbons (Fsp3) is 0.414. The molecule has 0 atom stereocenters. The molecule has 7 nitrogen and oxygen atoms in total. The van der Waals surface area contributed by atoms with Crippen molar-refractivity contribution in [1.82, 2.24) is 24.1 Å². The first-order chi connectivity index (χ1) is 17.5. The van der Waals surface area contributed by atoms with E-state index in [-0.39, 0.29) is 11.5 Å².